The summed E-state index contributed by atoms with van der Waals surface area (Å²) in [6, 6.07) is 2.10. The van der Waals surface area contributed by atoms with Crippen LogP contribution < -0.4 is 5.73 Å². The van der Waals surface area contributed by atoms with E-state index in [9.17, 15) is 8.78 Å². The third kappa shape index (κ3) is 1.88. The number of benzene rings is 1. The molecule has 0 aliphatic rings. The predicted molar refractivity (Wildman–Crippen MR) is 56.8 cm³/mol. The zero-order valence-electron chi connectivity index (χ0n) is 8.74. The van der Waals surface area contributed by atoms with Crippen molar-refractivity contribution in [3.8, 4) is 0 Å². The van der Waals surface area contributed by atoms with Crippen LogP contribution in [-0.2, 0) is 13.5 Å². The van der Waals surface area contributed by atoms with Gasteiger partial charge in [-0.15, -0.1) is 0 Å². The lowest BCUT2D eigenvalue weighted by atomic mass is 10.1. The SMILES string of the molecule is Cn1ccnc1Cc1cc(F)c(N)cc1F. The zero-order chi connectivity index (χ0) is 11.7. The lowest BCUT2D eigenvalue weighted by Crippen LogP contribution is -2.02. The van der Waals surface area contributed by atoms with Crippen LogP contribution in [0.2, 0.25) is 0 Å². The van der Waals surface area contributed by atoms with E-state index in [0.717, 1.165) is 12.1 Å². The van der Waals surface area contributed by atoms with Crippen LogP contribution in [0, 0.1) is 11.6 Å². The van der Waals surface area contributed by atoms with Crippen LogP contribution >= 0.6 is 0 Å². The molecule has 84 valence electrons. The quantitative estimate of drug-likeness (QED) is 0.790. The molecular formula is C11H11F2N3. The largest absolute Gasteiger partial charge is 0.396 e. The maximum absolute atomic E-state index is 13.5. The summed E-state index contributed by atoms with van der Waals surface area (Å²) in [4.78, 5) is 4.05. The molecule has 0 saturated heterocycles. The molecule has 5 heteroatoms. The van der Waals surface area contributed by atoms with E-state index in [1.165, 1.54) is 0 Å². The summed E-state index contributed by atoms with van der Waals surface area (Å²) in [6.45, 7) is 0. The van der Waals surface area contributed by atoms with Crippen LogP contribution in [0.3, 0.4) is 0 Å². The van der Waals surface area contributed by atoms with Gasteiger partial charge in [-0.2, -0.15) is 0 Å². The minimum Gasteiger partial charge on any atom is -0.396 e. The first kappa shape index (κ1) is 10.6. The highest BCUT2D eigenvalue weighted by atomic mass is 19.1. The van der Waals surface area contributed by atoms with Crippen LogP contribution in [0.25, 0.3) is 0 Å². The Kier molecular flexibility index (Phi) is 2.60. The lowest BCUT2D eigenvalue weighted by Gasteiger charge is -2.05. The Bertz CT molecular complexity index is 520. The highest BCUT2D eigenvalue weighted by molar-refractivity contribution is 5.42. The first-order valence-corrected chi connectivity index (χ1v) is 4.77. The van der Waals surface area contributed by atoms with E-state index in [-0.39, 0.29) is 17.7 Å². The topological polar surface area (TPSA) is 43.8 Å². The number of nitrogens with two attached hydrogens (primary N) is 1. The highest BCUT2D eigenvalue weighted by Gasteiger charge is 2.10. The van der Waals surface area contributed by atoms with Crippen molar-refractivity contribution in [2.24, 2.45) is 7.05 Å². The summed E-state index contributed by atoms with van der Waals surface area (Å²) in [5.41, 5.74) is 5.33. The Balaban J connectivity index is 2.35. The van der Waals surface area contributed by atoms with Crippen molar-refractivity contribution in [2.45, 2.75) is 6.42 Å². The zero-order valence-corrected chi connectivity index (χ0v) is 8.74. The molecule has 0 amide bonds. The summed E-state index contributed by atoms with van der Waals surface area (Å²) in [7, 11) is 1.80. The molecule has 16 heavy (non-hydrogen) atoms. The van der Waals surface area contributed by atoms with Crippen molar-refractivity contribution in [2.75, 3.05) is 5.73 Å². The number of imidazole rings is 1. The third-order valence-electron chi connectivity index (χ3n) is 2.44. The number of anilines is 1. The normalized spacial score (nSPS) is 10.7. The molecule has 1 heterocycles. The van der Waals surface area contributed by atoms with Crippen LogP contribution in [0.15, 0.2) is 24.5 Å². The molecule has 0 unspecified atom stereocenters. The van der Waals surface area contributed by atoms with E-state index in [0.29, 0.717) is 5.82 Å². The van der Waals surface area contributed by atoms with Crippen LogP contribution in [0.4, 0.5) is 14.5 Å². The van der Waals surface area contributed by atoms with Crippen LogP contribution in [-0.4, -0.2) is 9.55 Å². The van der Waals surface area contributed by atoms with Crippen LogP contribution in [0.1, 0.15) is 11.4 Å². The van der Waals surface area contributed by atoms with Gasteiger partial charge in [0.2, 0.25) is 0 Å². The van der Waals surface area contributed by atoms with E-state index >= 15 is 0 Å². The summed E-state index contributed by atoms with van der Waals surface area (Å²) in [6.07, 6.45) is 3.61. The molecule has 0 aliphatic heterocycles. The molecule has 0 fully saturated rings. The van der Waals surface area contributed by atoms with Gasteiger partial charge >= 0.3 is 0 Å². The standard InChI is InChI=1S/C11H11F2N3/c1-16-3-2-15-11(16)5-7-4-9(13)10(14)6-8(7)12/h2-4,6H,5,14H2,1H3. The number of nitrogen functional groups attached to an aromatic ring is 1. The number of rotatable bonds is 2. The molecule has 0 radical (unpaired) electrons. The van der Waals surface area contributed by atoms with Gasteiger partial charge in [-0.25, -0.2) is 13.8 Å². The maximum Gasteiger partial charge on any atom is 0.146 e. The molecule has 1 aromatic carbocycles. The van der Waals surface area contributed by atoms with Gasteiger partial charge in [0.1, 0.15) is 17.5 Å². The number of aryl methyl sites for hydroxylation is 1. The number of nitrogens with zero attached hydrogens (tertiary/aromatic N) is 2. The fourth-order valence-corrected chi connectivity index (χ4v) is 1.48. The predicted octanol–water partition coefficient (Wildman–Crippen LogP) is 1.87. The van der Waals surface area contributed by atoms with Gasteiger partial charge in [-0.1, -0.05) is 0 Å². The Morgan fingerprint density at radius 1 is 1.31 bits per heavy atom. The highest BCUT2D eigenvalue weighted by Crippen LogP contribution is 2.18. The number of aromatic nitrogens is 2. The molecule has 2 aromatic rings. The molecule has 1 aromatic heterocycles. The Morgan fingerprint density at radius 3 is 2.69 bits per heavy atom. The third-order valence-corrected chi connectivity index (χ3v) is 2.44. The van der Waals surface area contributed by atoms with Gasteiger partial charge in [0, 0.05) is 31.9 Å². The Hall–Kier alpha value is -1.91. The van der Waals surface area contributed by atoms with Crippen LogP contribution in [0.5, 0.6) is 0 Å². The molecule has 0 bridgehead atoms. The molecule has 0 spiro atoms. The molecular weight excluding hydrogens is 212 g/mol. The number of hydrogen-bond acceptors (Lipinski definition) is 2. The second-order valence-corrected chi connectivity index (χ2v) is 3.60. The summed E-state index contributed by atoms with van der Waals surface area (Å²) in [5, 5.41) is 0. The summed E-state index contributed by atoms with van der Waals surface area (Å²) >= 11 is 0. The first-order valence-electron chi connectivity index (χ1n) is 4.77. The van der Waals surface area contributed by atoms with Gasteiger partial charge in [0.05, 0.1) is 5.69 Å². The van der Waals surface area contributed by atoms with Crippen molar-refractivity contribution >= 4 is 5.69 Å². The van der Waals surface area contributed by atoms with E-state index < -0.39 is 11.6 Å². The second-order valence-electron chi connectivity index (χ2n) is 3.60. The van der Waals surface area contributed by atoms with E-state index in [1.807, 2.05) is 0 Å². The Morgan fingerprint density at radius 2 is 2.06 bits per heavy atom. The van der Waals surface area contributed by atoms with Gasteiger partial charge < -0.3 is 10.3 Å². The van der Waals surface area contributed by atoms with Crippen molar-refractivity contribution < 1.29 is 8.78 Å². The molecule has 2 N–H and O–H groups in total. The number of hydrogen-bond donors (Lipinski definition) is 1. The van der Waals surface area contributed by atoms with E-state index in [1.54, 1.807) is 24.0 Å². The van der Waals surface area contributed by atoms with Crippen molar-refractivity contribution in [1.29, 1.82) is 0 Å². The molecule has 3 nitrogen and oxygen atoms in total. The van der Waals surface area contributed by atoms with E-state index in [4.69, 9.17) is 5.73 Å². The van der Waals surface area contributed by atoms with Gasteiger partial charge in [-0.05, 0) is 11.6 Å². The fourth-order valence-electron chi connectivity index (χ4n) is 1.48. The maximum atomic E-state index is 13.5. The van der Waals surface area contributed by atoms with Gasteiger partial charge in [0.25, 0.3) is 0 Å². The molecule has 2 rings (SSSR count). The monoisotopic (exact) mass is 223 g/mol. The minimum atomic E-state index is -0.606. The summed E-state index contributed by atoms with van der Waals surface area (Å²) in [5.74, 6) is -0.449. The van der Waals surface area contributed by atoms with Gasteiger partial charge in [0.15, 0.2) is 0 Å². The molecule has 0 saturated carbocycles. The lowest BCUT2D eigenvalue weighted by molar-refractivity contribution is 0.589. The second kappa shape index (κ2) is 3.92. The number of halogens is 2. The summed E-state index contributed by atoms with van der Waals surface area (Å²) < 4.78 is 28.4. The Labute approximate surface area is 91.5 Å². The molecule has 0 aliphatic carbocycles. The minimum absolute atomic E-state index is 0.180. The van der Waals surface area contributed by atoms with Crippen molar-refractivity contribution in [3.63, 3.8) is 0 Å². The first-order chi connectivity index (χ1) is 7.58. The average Bonchev–Trinajstić information content (AvgIpc) is 2.61. The van der Waals surface area contributed by atoms with Crippen molar-refractivity contribution in [3.05, 3.63) is 47.5 Å². The average molecular weight is 223 g/mol. The fraction of sp³-hybridized carbons (Fsp3) is 0.182. The smallest absolute Gasteiger partial charge is 0.146 e. The van der Waals surface area contributed by atoms with Gasteiger partial charge in [-0.3, -0.25) is 0 Å². The van der Waals surface area contributed by atoms with E-state index in [2.05, 4.69) is 4.98 Å². The molecule has 0 atom stereocenters. The van der Waals surface area contributed by atoms with Crippen molar-refractivity contribution in [1.82, 2.24) is 9.55 Å².